The standard InChI is InChI=1S/C15H16N2O5S/c1-21-7-5-10-12(11(6-7)22-2)23-15(16-10)17-13(18)8-3-4-9(8)14(19)20/h5-6,8-9H,3-4H2,1-2H3,(H,19,20)(H,16,17,18)/t8-,9+/m1/s1. The quantitative estimate of drug-likeness (QED) is 0.870. The van der Waals surface area contributed by atoms with Crippen LogP contribution in [0.4, 0.5) is 5.13 Å². The summed E-state index contributed by atoms with van der Waals surface area (Å²) in [5.41, 5.74) is 0.657. The lowest BCUT2D eigenvalue weighted by molar-refractivity contribution is -0.151. The molecule has 8 heteroatoms. The largest absolute Gasteiger partial charge is 0.497 e. The number of rotatable bonds is 5. The molecule has 0 unspecified atom stereocenters. The van der Waals surface area contributed by atoms with Crippen LogP contribution in [-0.4, -0.2) is 36.2 Å². The molecule has 2 N–H and O–H groups in total. The molecule has 1 aromatic carbocycles. The fraction of sp³-hybridized carbons (Fsp3) is 0.400. The Kier molecular flexibility index (Phi) is 4.08. The van der Waals surface area contributed by atoms with Gasteiger partial charge in [-0.1, -0.05) is 11.3 Å². The van der Waals surface area contributed by atoms with Gasteiger partial charge in [0.15, 0.2) is 5.13 Å². The molecular formula is C15H16N2O5S. The Hall–Kier alpha value is -2.35. The van der Waals surface area contributed by atoms with Crippen molar-refractivity contribution < 1.29 is 24.2 Å². The van der Waals surface area contributed by atoms with E-state index >= 15 is 0 Å². The summed E-state index contributed by atoms with van der Waals surface area (Å²) in [5, 5.41) is 12.2. The number of methoxy groups -OCH3 is 2. The monoisotopic (exact) mass is 336 g/mol. The number of aromatic nitrogens is 1. The maximum Gasteiger partial charge on any atom is 0.307 e. The second-order valence-electron chi connectivity index (χ2n) is 5.31. The number of benzene rings is 1. The Morgan fingerprint density at radius 3 is 2.57 bits per heavy atom. The molecule has 0 aliphatic heterocycles. The summed E-state index contributed by atoms with van der Waals surface area (Å²) in [6, 6.07) is 3.51. The first-order valence-corrected chi connectivity index (χ1v) is 7.91. The Morgan fingerprint density at radius 1 is 1.26 bits per heavy atom. The van der Waals surface area contributed by atoms with Crippen LogP contribution in [0.2, 0.25) is 0 Å². The lowest BCUT2D eigenvalue weighted by atomic mass is 9.73. The second-order valence-corrected chi connectivity index (χ2v) is 6.31. The highest BCUT2D eigenvalue weighted by Crippen LogP contribution is 2.39. The molecule has 0 spiro atoms. The van der Waals surface area contributed by atoms with Crippen molar-refractivity contribution in [1.82, 2.24) is 4.98 Å². The van der Waals surface area contributed by atoms with E-state index in [9.17, 15) is 9.59 Å². The molecule has 3 rings (SSSR count). The summed E-state index contributed by atoms with van der Waals surface area (Å²) in [5.74, 6) is -1.08. The van der Waals surface area contributed by atoms with E-state index in [1.807, 2.05) is 0 Å². The van der Waals surface area contributed by atoms with Gasteiger partial charge in [0.25, 0.3) is 0 Å². The van der Waals surface area contributed by atoms with Crippen molar-refractivity contribution in [3.8, 4) is 11.5 Å². The Balaban J connectivity index is 1.83. The molecule has 0 saturated heterocycles. The minimum Gasteiger partial charge on any atom is -0.497 e. The SMILES string of the molecule is COc1cc(OC)c2sc(NC(=O)[C@@H]3CC[C@@H]3C(=O)O)nc2c1. The number of amides is 1. The zero-order valence-corrected chi connectivity index (χ0v) is 13.5. The molecule has 1 amide bonds. The number of nitrogens with one attached hydrogen (secondary N) is 1. The van der Waals surface area contributed by atoms with Crippen LogP contribution in [0.25, 0.3) is 10.2 Å². The highest BCUT2D eigenvalue weighted by Gasteiger charge is 2.41. The summed E-state index contributed by atoms with van der Waals surface area (Å²) >= 11 is 1.29. The third kappa shape index (κ3) is 2.81. The van der Waals surface area contributed by atoms with E-state index in [1.54, 1.807) is 26.4 Å². The predicted molar refractivity (Wildman–Crippen MR) is 85.2 cm³/mol. The van der Waals surface area contributed by atoms with Crippen LogP contribution >= 0.6 is 11.3 Å². The van der Waals surface area contributed by atoms with Crippen molar-refractivity contribution in [1.29, 1.82) is 0 Å². The van der Waals surface area contributed by atoms with Gasteiger partial charge in [0.2, 0.25) is 5.91 Å². The van der Waals surface area contributed by atoms with E-state index in [2.05, 4.69) is 10.3 Å². The van der Waals surface area contributed by atoms with Gasteiger partial charge in [0.05, 0.1) is 36.3 Å². The molecule has 122 valence electrons. The first-order chi connectivity index (χ1) is 11.0. The van der Waals surface area contributed by atoms with Gasteiger partial charge in [0, 0.05) is 12.1 Å². The van der Waals surface area contributed by atoms with Crippen molar-refractivity contribution in [2.75, 3.05) is 19.5 Å². The Bertz CT molecular complexity index is 773. The first-order valence-electron chi connectivity index (χ1n) is 7.09. The lowest BCUT2D eigenvalue weighted by Gasteiger charge is -2.31. The van der Waals surface area contributed by atoms with Gasteiger partial charge >= 0.3 is 5.97 Å². The number of hydrogen-bond acceptors (Lipinski definition) is 6. The van der Waals surface area contributed by atoms with Crippen molar-refractivity contribution in [3.63, 3.8) is 0 Å². The number of carboxylic acid groups (broad SMARTS) is 1. The number of carbonyl (C=O) groups is 2. The molecular weight excluding hydrogens is 320 g/mol. The van der Waals surface area contributed by atoms with Crippen molar-refractivity contribution >= 4 is 38.6 Å². The van der Waals surface area contributed by atoms with Crippen LogP contribution in [0.5, 0.6) is 11.5 Å². The number of hydrogen-bond donors (Lipinski definition) is 2. The molecule has 7 nitrogen and oxygen atoms in total. The third-order valence-electron chi connectivity index (χ3n) is 4.04. The molecule has 1 fully saturated rings. The number of thiazole rings is 1. The van der Waals surface area contributed by atoms with E-state index in [4.69, 9.17) is 14.6 Å². The van der Waals surface area contributed by atoms with E-state index in [1.165, 1.54) is 11.3 Å². The van der Waals surface area contributed by atoms with Gasteiger partial charge in [-0.05, 0) is 12.8 Å². The van der Waals surface area contributed by atoms with Gasteiger partial charge < -0.3 is 19.9 Å². The number of ether oxygens (including phenoxy) is 2. The summed E-state index contributed by atoms with van der Waals surface area (Å²) in [6.45, 7) is 0. The molecule has 1 saturated carbocycles. The number of nitrogens with zero attached hydrogens (tertiary/aromatic N) is 1. The number of anilines is 1. The van der Waals surface area contributed by atoms with Crippen molar-refractivity contribution in [2.24, 2.45) is 11.8 Å². The van der Waals surface area contributed by atoms with E-state index in [0.29, 0.717) is 35.0 Å². The molecule has 1 aliphatic rings. The summed E-state index contributed by atoms with van der Waals surface area (Å²) in [6.07, 6.45) is 1.13. The molecule has 0 bridgehead atoms. The average Bonchev–Trinajstić information content (AvgIpc) is 2.86. The average molecular weight is 336 g/mol. The molecule has 0 radical (unpaired) electrons. The normalized spacial score (nSPS) is 19.9. The summed E-state index contributed by atoms with van der Waals surface area (Å²) < 4.78 is 11.3. The van der Waals surface area contributed by atoms with Crippen LogP contribution in [0, 0.1) is 11.8 Å². The van der Waals surface area contributed by atoms with Crippen molar-refractivity contribution in [2.45, 2.75) is 12.8 Å². The third-order valence-corrected chi connectivity index (χ3v) is 5.04. The van der Waals surface area contributed by atoms with Crippen LogP contribution in [0.1, 0.15) is 12.8 Å². The highest BCUT2D eigenvalue weighted by molar-refractivity contribution is 7.22. The van der Waals surface area contributed by atoms with Gasteiger partial charge in [-0.15, -0.1) is 0 Å². The van der Waals surface area contributed by atoms with Gasteiger partial charge in [-0.3, -0.25) is 9.59 Å². The highest BCUT2D eigenvalue weighted by atomic mass is 32.1. The summed E-state index contributed by atoms with van der Waals surface area (Å²) in [7, 11) is 3.11. The second kappa shape index (κ2) is 6.04. The van der Waals surface area contributed by atoms with Crippen LogP contribution in [-0.2, 0) is 9.59 Å². The van der Waals surface area contributed by atoms with Gasteiger partial charge in [-0.25, -0.2) is 4.98 Å². The van der Waals surface area contributed by atoms with E-state index < -0.39 is 17.8 Å². The molecule has 2 aromatic rings. The summed E-state index contributed by atoms with van der Waals surface area (Å²) in [4.78, 5) is 27.6. The minimum absolute atomic E-state index is 0.298. The number of aliphatic carboxylic acids is 1. The minimum atomic E-state index is -0.924. The smallest absolute Gasteiger partial charge is 0.307 e. The molecule has 2 atom stereocenters. The van der Waals surface area contributed by atoms with Crippen LogP contribution in [0.15, 0.2) is 12.1 Å². The number of fused-ring (bicyclic) bond motifs is 1. The maximum atomic E-state index is 12.2. The number of carboxylic acids is 1. The van der Waals surface area contributed by atoms with Gasteiger partial charge in [-0.2, -0.15) is 0 Å². The fourth-order valence-corrected chi connectivity index (χ4v) is 3.55. The first kappa shape index (κ1) is 15.5. The Morgan fingerprint density at radius 2 is 2.00 bits per heavy atom. The van der Waals surface area contributed by atoms with Crippen LogP contribution in [0.3, 0.4) is 0 Å². The maximum absolute atomic E-state index is 12.2. The van der Waals surface area contributed by atoms with Crippen LogP contribution < -0.4 is 14.8 Å². The zero-order valence-electron chi connectivity index (χ0n) is 12.7. The molecule has 23 heavy (non-hydrogen) atoms. The molecule has 1 heterocycles. The van der Waals surface area contributed by atoms with E-state index in [0.717, 1.165) is 4.70 Å². The molecule has 1 aromatic heterocycles. The van der Waals surface area contributed by atoms with Crippen molar-refractivity contribution in [3.05, 3.63) is 12.1 Å². The predicted octanol–water partition coefficient (Wildman–Crippen LogP) is 2.36. The topological polar surface area (TPSA) is 97.8 Å². The number of carbonyl (C=O) groups excluding carboxylic acids is 1. The molecule has 1 aliphatic carbocycles. The zero-order chi connectivity index (χ0) is 16.6. The lowest BCUT2D eigenvalue weighted by Crippen LogP contribution is -2.41. The fourth-order valence-electron chi connectivity index (χ4n) is 2.61. The Labute approximate surface area is 136 Å². The van der Waals surface area contributed by atoms with Gasteiger partial charge in [0.1, 0.15) is 11.5 Å². The van der Waals surface area contributed by atoms with E-state index in [-0.39, 0.29) is 5.91 Å².